The van der Waals surface area contributed by atoms with E-state index in [0.29, 0.717) is 11.3 Å². The highest BCUT2D eigenvalue weighted by molar-refractivity contribution is 7.89. The minimum Gasteiger partial charge on any atom is -0.398 e. The second-order valence-corrected chi connectivity index (χ2v) is 6.40. The molecule has 20 heavy (non-hydrogen) atoms. The Morgan fingerprint density at radius 3 is 2.35 bits per heavy atom. The Bertz CT molecular complexity index is 717. The number of hydrogen-bond acceptors (Lipinski definition) is 3. The van der Waals surface area contributed by atoms with Crippen molar-refractivity contribution in [3.8, 4) is 0 Å². The molecule has 4 nitrogen and oxygen atoms in total. The van der Waals surface area contributed by atoms with Gasteiger partial charge in [0.2, 0.25) is 10.0 Å². The largest absolute Gasteiger partial charge is 0.398 e. The van der Waals surface area contributed by atoms with Gasteiger partial charge in [0.05, 0.1) is 0 Å². The predicted octanol–water partition coefficient (Wildman–Crippen LogP) is 2.23. The van der Waals surface area contributed by atoms with Crippen molar-refractivity contribution in [2.24, 2.45) is 0 Å². The fourth-order valence-corrected chi connectivity index (χ4v) is 3.03. The third-order valence-electron chi connectivity index (χ3n) is 2.97. The lowest BCUT2D eigenvalue weighted by Gasteiger charge is -2.18. The Balaban J connectivity index is 2.31. The van der Waals surface area contributed by atoms with Gasteiger partial charge in [0.15, 0.2) is 0 Å². The van der Waals surface area contributed by atoms with Crippen LogP contribution in [0, 0.1) is 5.82 Å². The van der Waals surface area contributed by atoms with Crippen molar-refractivity contribution in [1.82, 2.24) is 4.31 Å². The fraction of sp³-hybridized carbons (Fsp3) is 0.143. The molecule has 0 saturated heterocycles. The van der Waals surface area contributed by atoms with E-state index in [1.54, 1.807) is 24.3 Å². The van der Waals surface area contributed by atoms with Crippen LogP contribution in [0.4, 0.5) is 10.1 Å². The van der Waals surface area contributed by atoms with E-state index in [9.17, 15) is 12.8 Å². The molecule has 2 rings (SSSR count). The number of sulfonamides is 1. The van der Waals surface area contributed by atoms with Crippen LogP contribution in [0.25, 0.3) is 0 Å². The smallest absolute Gasteiger partial charge is 0.246 e. The summed E-state index contributed by atoms with van der Waals surface area (Å²) in [6, 6.07) is 12.3. The van der Waals surface area contributed by atoms with Gasteiger partial charge >= 0.3 is 0 Å². The zero-order valence-corrected chi connectivity index (χ0v) is 11.8. The minimum atomic E-state index is -3.88. The van der Waals surface area contributed by atoms with Gasteiger partial charge in [-0.25, -0.2) is 12.8 Å². The number of nitrogens with two attached hydrogens (primary N) is 1. The first-order chi connectivity index (χ1) is 9.43. The molecule has 2 aromatic carbocycles. The van der Waals surface area contributed by atoms with Crippen LogP contribution in [-0.2, 0) is 16.6 Å². The molecule has 0 saturated carbocycles. The molecule has 6 heteroatoms. The molecular formula is C14H15FN2O2S. The lowest BCUT2D eigenvalue weighted by Crippen LogP contribution is -2.27. The summed E-state index contributed by atoms with van der Waals surface area (Å²) in [5.74, 6) is -0.764. The molecule has 0 atom stereocenters. The maximum atomic E-state index is 13.6. The summed E-state index contributed by atoms with van der Waals surface area (Å²) in [5.41, 5.74) is 6.96. The first-order valence-electron chi connectivity index (χ1n) is 5.97. The normalized spacial score (nSPS) is 11.8. The Morgan fingerprint density at radius 1 is 1.10 bits per heavy atom. The van der Waals surface area contributed by atoms with Gasteiger partial charge in [-0.05, 0) is 23.8 Å². The van der Waals surface area contributed by atoms with Crippen molar-refractivity contribution >= 4 is 15.7 Å². The second kappa shape index (κ2) is 5.60. The van der Waals surface area contributed by atoms with E-state index in [1.165, 1.54) is 25.2 Å². The topological polar surface area (TPSA) is 63.4 Å². The molecule has 0 aromatic heterocycles. The number of rotatable bonds is 4. The van der Waals surface area contributed by atoms with Gasteiger partial charge in [0.25, 0.3) is 0 Å². The lowest BCUT2D eigenvalue weighted by molar-refractivity contribution is 0.460. The van der Waals surface area contributed by atoms with E-state index in [4.69, 9.17) is 5.73 Å². The van der Waals surface area contributed by atoms with Crippen LogP contribution in [0.2, 0.25) is 0 Å². The van der Waals surface area contributed by atoms with Gasteiger partial charge in [-0.1, -0.05) is 30.3 Å². The van der Waals surface area contributed by atoms with E-state index in [0.717, 1.165) is 10.4 Å². The molecule has 0 heterocycles. The zero-order chi connectivity index (χ0) is 14.8. The quantitative estimate of drug-likeness (QED) is 0.880. The number of nitrogen functional groups attached to an aromatic ring is 1. The maximum absolute atomic E-state index is 13.6. The summed E-state index contributed by atoms with van der Waals surface area (Å²) in [4.78, 5) is -0.336. The summed E-state index contributed by atoms with van der Waals surface area (Å²) in [6.45, 7) is 0.0866. The van der Waals surface area contributed by atoms with Crippen molar-refractivity contribution in [3.05, 3.63) is 59.9 Å². The monoisotopic (exact) mass is 294 g/mol. The Morgan fingerprint density at radius 2 is 1.70 bits per heavy atom. The molecule has 0 unspecified atom stereocenters. The first kappa shape index (κ1) is 14.5. The predicted molar refractivity (Wildman–Crippen MR) is 75.9 cm³/mol. The van der Waals surface area contributed by atoms with E-state index < -0.39 is 15.8 Å². The van der Waals surface area contributed by atoms with Crippen LogP contribution in [-0.4, -0.2) is 19.8 Å². The molecule has 0 aliphatic heterocycles. The van der Waals surface area contributed by atoms with Crippen LogP contribution in [0.15, 0.2) is 53.4 Å². The SMILES string of the molecule is CN(Cc1ccccc1N)S(=O)(=O)c1ccccc1F. The standard InChI is InChI=1S/C14H15FN2O2S/c1-17(10-11-6-2-4-8-13(11)16)20(18,19)14-9-5-3-7-12(14)15/h2-9H,10,16H2,1H3. The average Bonchev–Trinajstić information content (AvgIpc) is 2.41. The minimum absolute atomic E-state index is 0.0866. The molecule has 2 N–H and O–H groups in total. The fourth-order valence-electron chi connectivity index (χ4n) is 1.82. The zero-order valence-electron chi connectivity index (χ0n) is 11.0. The van der Waals surface area contributed by atoms with Gasteiger partial charge in [0, 0.05) is 19.3 Å². The van der Waals surface area contributed by atoms with Crippen LogP contribution < -0.4 is 5.73 Å². The number of para-hydroxylation sites is 1. The van der Waals surface area contributed by atoms with Crippen LogP contribution in [0.3, 0.4) is 0 Å². The summed E-state index contributed by atoms with van der Waals surface area (Å²) in [5, 5.41) is 0. The Labute approximate surface area is 117 Å². The van der Waals surface area contributed by atoms with Crippen LogP contribution >= 0.6 is 0 Å². The summed E-state index contributed by atoms with van der Waals surface area (Å²) in [7, 11) is -2.48. The average molecular weight is 294 g/mol. The van der Waals surface area contributed by atoms with Crippen molar-refractivity contribution in [2.75, 3.05) is 12.8 Å². The van der Waals surface area contributed by atoms with E-state index in [1.807, 2.05) is 0 Å². The molecule has 0 radical (unpaired) electrons. The molecular weight excluding hydrogens is 279 g/mol. The van der Waals surface area contributed by atoms with Gasteiger partial charge in [-0.15, -0.1) is 0 Å². The van der Waals surface area contributed by atoms with Crippen LogP contribution in [0.1, 0.15) is 5.56 Å². The number of benzene rings is 2. The summed E-state index contributed by atoms with van der Waals surface area (Å²) >= 11 is 0. The number of nitrogens with zero attached hydrogens (tertiary/aromatic N) is 1. The van der Waals surface area contributed by atoms with Gasteiger partial charge < -0.3 is 5.73 Å². The van der Waals surface area contributed by atoms with Gasteiger partial charge in [-0.3, -0.25) is 0 Å². The van der Waals surface area contributed by atoms with Gasteiger partial charge in [-0.2, -0.15) is 4.31 Å². The highest BCUT2D eigenvalue weighted by atomic mass is 32.2. The third-order valence-corrected chi connectivity index (χ3v) is 4.81. The Kier molecular flexibility index (Phi) is 4.06. The third kappa shape index (κ3) is 2.81. The molecule has 2 aromatic rings. The van der Waals surface area contributed by atoms with E-state index >= 15 is 0 Å². The van der Waals surface area contributed by atoms with Crippen molar-refractivity contribution in [1.29, 1.82) is 0 Å². The summed E-state index contributed by atoms with van der Waals surface area (Å²) < 4.78 is 39.3. The van der Waals surface area contributed by atoms with E-state index in [2.05, 4.69) is 0 Å². The van der Waals surface area contributed by atoms with Gasteiger partial charge in [0.1, 0.15) is 10.7 Å². The highest BCUT2D eigenvalue weighted by Crippen LogP contribution is 2.21. The molecule has 0 amide bonds. The molecule has 0 aliphatic carbocycles. The van der Waals surface area contributed by atoms with E-state index in [-0.39, 0.29) is 11.4 Å². The number of halogens is 1. The molecule has 0 bridgehead atoms. The second-order valence-electron chi connectivity index (χ2n) is 4.39. The lowest BCUT2D eigenvalue weighted by atomic mass is 10.2. The summed E-state index contributed by atoms with van der Waals surface area (Å²) in [6.07, 6.45) is 0. The molecule has 0 fully saturated rings. The van der Waals surface area contributed by atoms with Crippen molar-refractivity contribution in [2.45, 2.75) is 11.4 Å². The van der Waals surface area contributed by atoms with Crippen molar-refractivity contribution in [3.63, 3.8) is 0 Å². The Hall–Kier alpha value is -1.92. The highest BCUT2D eigenvalue weighted by Gasteiger charge is 2.24. The molecule has 106 valence electrons. The number of hydrogen-bond donors (Lipinski definition) is 1. The first-order valence-corrected chi connectivity index (χ1v) is 7.41. The van der Waals surface area contributed by atoms with Crippen molar-refractivity contribution < 1.29 is 12.8 Å². The molecule has 0 aliphatic rings. The number of anilines is 1. The maximum Gasteiger partial charge on any atom is 0.246 e. The molecule has 0 spiro atoms. The van der Waals surface area contributed by atoms with Crippen LogP contribution in [0.5, 0.6) is 0 Å².